The molecule has 0 aliphatic rings. The van der Waals surface area contributed by atoms with E-state index in [0.717, 1.165) is 5.56 Å². The Balaban J connectivity index is 2.89. The number of nitrogens with one attached hydrogen (secondary N) is 1. The van der Waals surface area contributed by atoms with E-state index in [1.165, 1.54) is 12.1 Å². The molecule has 1 amide bonds. The minimum absolute atomic E-state index is 0.203. The second-order valence-corrected chi connectivity index (χ2v) is 4.82. The summed E-state index contributed by atoms with van der Waals surface area (Å²) in [6.45, 7) is 2.76. The Morgan fingerprint density at radius 1 is 1.42 bits per heavy atom. The van der Waals surface area contributed by atoms with Crippen molar-refractivity contribution in [2.45, 2.75) is 25.8 Å². The standard InChI is InChI=1S/C13H15ClFNO3/c1-7(2)9-4-3-8(5-10(9)14)12(17)16-11(6-15)13(18)19/h3-5,7,11H,6H2,1-2H3,(H,16,17)(H,18,19). The molecule has 2 N–H and O–H groups in total. The van der Waals surface area contributed by atoms with Crippen LogP contribution in [0.2, 0.25) is 5.02 Å². The number of benzene rings is 1. The van der Waals surface area contributed by atoms with Gasteiger partial charge in [-0.05, 0) is 23.6 Å². The maximum atomic E-state index is 12.4. The Morgan fingerprint density at radius 2 is 2.05 bits per heavy atom. The van der Waals surface area contributed by atoms with Gasteiger partial charge in [0.05, 0.1) is 0 Å². The highest BCUT2D eigenvalue weighted by molar-refractivity contribution is 6.31. The number of amides is 1. The van der Waals surface area contributed by atoms with E-state index in [1.54, 1.807) is 6.07 Å². The van der Waals surface area contributed by atoms with Crippen LogP contribution in [0.25, 0.3) is 0 Å². The summed E-state index contributed by atoms with van der Waals surface area (Å²) in [5, 5.41) is 11.2. The maximum absolute atomic E-state index is 12.4. The summed E-state index contributed by atoms with van der Waals surface area (Å²) in [7, 11) is 0. The molecule has 1 unspecified atom stereocenters. The SMILES string of the molecule is CC(C)c1ccc(C(=O)NC(CF)C(=O)O)cc1Cl. The molecule has 0 aliphatic heterocycles. The quantitative estimate of drug-likeness (QED) is 0.875. The van der Waals surface area contributed by atoms with Gasteiger partial charge < -0.3 is 10.4 Å². The summed E-state index contributed by atoms with van der Waals surface area (Å²) in [6, 6.07) is 3.14. The molecular formula is C13H15ClFNO3. The summed E-state index contributed by atoms with van der Waals surface area (Å²) in [4.78, 5) is 22.4. The fraction of sp³-hybridized carbons (Fsp3) is 0.385. The Bertz CT molecular complexity index is 491. The number of alkyl halides is 1. The smallest absolute Gasteiger partial charge is 0.328 e. The number of aliphatic carboxylic acids is 1. The number of carbonyl (C=O) groups is 2. The lowest BCUT2D eigenvalue weighted by Gasteiger charge is -2.13. The predicted molar refractivity (Wildman–Crippen MR) is 70.4 cm³/mol. The van der Waals surface area contributed by atoms with Crippen molar-refractivity contribution in [1.29, 1.82) is 0 Å². The second kappa shape index (κ2) is 6.52. The third kappa shape index (κ3) is 3.92. The first kappa shape index (κ1) is 15.4. The van der Waals surface area contributed by atoms with Gasteiger partial charge in [0, 0.05) is 10.6 Å². The molecule has 4 nitrogen and oxygen atoms in total. The molecule has 0 aliphatic carbocycles. The molecule has 0 fully saturated rings. The van der Waals surface area contributed by atoms with Gasteiger partial charge in [-0.15, -0.1) is 0 Å². The van der Waals surface area contributed by atoms with Crippen molar-refractivity contribution < 1.29 is 19.1 Å². The van der Waals surface area contributed by atoms with Crippen LogP contribution < -0.4 is 5.32 Å². The normalized spacial score (nSPS) is 12.3. The fourth-order valence-corrected chi connectivity index (χ4v) is 1.94. The Kier molecular flexibility index (Phi) is 5.30. The third-order valence-electron chi connectivity index (χ3n) is 2.64. The third-order valence-corrected chi connectivity index (χ3v) is 2.97. The summed E-state index contributed by atoms with van der Waals surface area (Å²) < 4.78 is 12.4. The molecule has 0 aromatic heterocycles. The molecule has 1 rings (SSSR count). The van der Waals surface area contributed by atoms with E-state index in [-0.39, 0.29) is 11.5 Å². The van der Waals surface area contributed by atoms with E-state index >= 15 is 0 Å². The first-order valence-corrected chi connectivity index (χ1v) is 6.13. The van der Waals surface area contributed by atoms with Crippen molar-refractivity contribution in [3.8, 4) is 0 Å². The average Bonchev–Trinajstić information content (AvgIpc) is 2.34. The molecule has 0 radical (unpaired) electrons. The van der Waals surface area contributed by atoms with Gasteiger partial charge >= 0.3 is 5.97 Å². The first-order valence-electron chi connectivity index (χ1n) is 5.76. The first-order chi connectivity index (χ1) is 8.86. The number of hydrogen-bond acceptors (Lipinski definition) is 2. The van der Waals surface area contributed by atoms with Gasteiger partial charge in [-0.3, -0.25) is 4.79 Å². The number of hydrogen-bond donors (Lipinski definition) is 2. The van der Waals surface area contributed by atoms with E-state index in [9.17, 15) is 14.0 Å². The lowest BCUT2D eigenvalue weighted by molar-refractivity contribution is -0.139. The average molecular weight is 288 g/mol. The van der Waals surface area contributed by atoms with Gasteiger partial charge in [0.1, 0.15) is 6.67 Å². The molecule has 0 bridgehead atoms. The fourth-order valence-electron chi connectivity index (χ4n) is 1.54. The van der Waals surface area contributed by atoms with Crippen LogP contribution in [0.5, 0.6) is 0 Å². The molecule has 0 spiro atoms. The lowest BCUT2D eigenvalue weighted by atomic mass is 10.0. The molecule has 104 valence electrons. The van der Waals surface area contributed by atoms with Crippen LogP contribution >= 0.6 is 11.6 Å². The summed E-state index contributed by atoms with van der Waals surface area (Å²) >= 11 is 6.03. The lowest BCUT2D eigenvalue weighted by Crippen LogP contribution is -2.42. The monoisotopic (exact) mass is 287 g/mol. The minimum atomic E-state index is -1.55. The molecule has 1 aromatic carbocycles. The zero-order valence-electron chi connectivity index (χ0n) is 10.6. The number of rotatable bonds is 5. The molecule has 0 saturated heterocycles. The van der Waals surface area contributed by atoms with E-state index < -0.39 is 24.6 Å². The largest absolute Gasteiger partial charge is 0.480 e. The molecule has 0 saturated carbocycles. The van der Waals surface area contributed by atoms with Crippen LogP contribution in [0.4, 0.5) is 4.39 Å². The van der Waals surface area contributed by atoms with Crippen molar-refractivity contribution in [3.63, 3.8) is 0 Å². The van der Waals surface area contributed by atoms with Crippen LogP contribution in [0.3, 0.4) is 0 Å². The van der Waals surface area contributed by atoms with Crippen LogP contribution in [0, 0.1) is 0 Å². The molecule has 6 heteroatoms. The highest BCUT2D eigenvalue weighted by atomic mass is 35.5. The second-order valence-electron chi connectivity index (χ2n) is 4.41. The van der Waals surface area contributed by atoms with Gasteiger partial charge in [0.15, 0.2) is 6.04 Å². The number of carboxylic acid groups (broad SMARTS) is 1. The molecule has 1 atom stereocenters. The van der Waals surface area contributed by atoms with Crippen LogP contribution in [-0.2, 0) is 4.79 Å². The molecule has 0 heterocycles. The predicted octanol–water partition coefficient (Wildman–Crippen LogP) is 2.62. The van der Waals surface area contributed by atoms with Gasteiger partial charge in [0.2, 0.25) is 0 Å². The Morgan fingerprint density at radius 3 is 2.47 bits per heavy atom. The van der Waals surface area contributed by atoms with E-state index in [2.05, 4.69) is 5.32 Å². The highest BCUT2D eigenvalue weighted by Gasteiger charge is 2.20. The van der Waals surface area contributed by atoms with Gasteiger partial charge in [-0.2, -0.15) is 0 Å². The van der Waals surface area contributed by atoms with Crippen molar-refractivity contribution >= 4 is 23.5 Å². The summed E-state index contributed by atoms with van der Waals surface area (Å²) in [5.41, 5.74) is 1.09. The number of halogens is 2. The molecular weight excluding hydrogens is 273 g/mol. The van der Waals surface area contributed by atoms with Crippen LogP contribution in [0.1, 0.15) is 35.7 Å². The van der Waals surface area contributed by atoms with E-state index in [1.807, 2.05) is 13.8 Å². The summed E-state index contributed by atoms with van der Waals surface area (Å²) in [5.74, 6) is -1.87. The molecule has 19 heavy (non-hydrogen) atoms. The van der Waals surface area contributed by atoms with Gasteiger partial charge in [0.25, 0.3) is 5.91 Å². The zero-order chi connectivity index (χ0) is 14.6. The van der Waals surface area contributed by atoms with Crippen molar-refractivity contribution in [2.24, 2.45) is 0 Å². The van der Waals surface area contributed by atoms with Crippen molar-refractivity contribution in [2.75, 3.05) is 6.67 Å². The summed E-state index contributed by atoms with van der Waals surface area (Å²) in [6.07, 6.45) is 0. The number of carbonyl (C=O) groups excluding carboxylic acids is 1. The van der Waals surface area contributed by atoms with Crippen LogP contribution in [0.15, 0.2) is 18.2 Å². The van der Waals surface area contributed by atoms with E-state index in [4.69, 9.17) is 16.7 Å². The minimum Gasteiger partial charge on any atom is -0.480 e. The Hall–Kier alpha value is -1.62. The molecule has 1 aromatic rings. The van der Waals surface area contributed by atoms with Gasteiger partial charge in [-0.1, -0.05) is 31.5 Å². The Labute approximate surface area is 115 Å². The maximum Gasteiger partial charge on any atom is 0.328 e. The number of carboxylic acids is 1. The van der Waals surface area contributed by atoms with Crippen LogP contribution in [-0.4, -0.2) is 29.7 Å². The zero-order valence-corrected chi connectivity index (χ0v) is 11.4. The highest BCUT2D eigenvalue weighted by Crippen LogP contribution is 2.25. The van der Waals surface area contributed by atoms with Crippen molar-refractivity contribution in [1.82, 2.24) is 5.32 Å². The van der Waals surface area contributed by atoms with E-state index in [0.29, 0.717) is 5.02 Å². The topological polar surface area (TPSA) is 66.4 Å². The van der Waals surface area contributed by atoms with Crippen molar-refractivity contribution in [3.05, 3.63) is 34.3 Å². The van der Waals surface area contributed by atoms with Gasteiger partial charge in [-0.25, -0.2) is 9.18 Å².